The molecule has 4 nitrogen and oxygen atoms in total. The van der Waals surface area contributed by atoms with Gasteiger partial charge in [0.15, 0.2) is 5.13 Å². The molecule has 21 heavy (non-hydrogen) atoms. The molecule has 1 aliphatic heterocycles. The number of carbonyl (C=O) groups is 1. The maximum atomic E-state index is 12.3. The lowest BCUT2D eigenvalue weighted by Gasteiger charge is -2.12. The van der Waals surface area contributed by atoms with E-state index < -0.39 is 0 Å². The van der Waals surface area contributed by atoms with E-state index in [-0.39, 0.29) is 5.91 Å². The van der Waals surface area contributed by atoms with Crippen LogP contribution in [0.5, 0.6) is 0 Å². The quantitative estimate of drug-likeness (QED) is 0.939. The molecule has 0 radical (unpaired) electrons. The molecular weight excluding hydrogens is 282 g/mol. The Morgan fingerprint density at radius 3 is 2.76 bits per heavy atom. The summed E-state index contributed by atoms with van der Waals surface area (Å²) >= 11 is 1.47. The predicted octanol–water partition coefficient (Wildman–Crippen LogP) is 3.74. The summed E-state index contributed by atoms with van der Waals surface area (Å²) in [5.74, 6) is 0.0532. The number of aromatic nitrogens is 1. The van der Waals surface area contributed by atoms with Crippen molar-refractivity contribution in [1.82, 2.24) is 9.88 Å². The van der Waals surface area contributed by atoms with Gasteiger partial charge in [0.1, 0.15) is 5.69 Å². The third kappa shape index (κ3) is 3.08. The minimum Gasteiger partial charge on any atom is -0.337 e. The summed E-state index contributed by atoms with van der Waals surface area (Å²) in [4.78, 5) is 18.6. The molecule has 1 aromatic carbocycles. The molecule has 1 aliphatic rings. The summed E-state index contributed by atoms with van der Waals surface area (Å²) in [5, 5.41) is 5.91. The first-order valence-corrected chi connectivity index (χ1v) is 8.10. The standard InChI is InChI=1S/C16H19N3OS/c1-11-5-6-13(12(2)9-11)17-16-18-14(10-21-16)15(20)19-7-3-4-8-19/h5-6,9-10H,3-4,7-8H2,1-2H3,(H,17,18). The minimum atomic E-state index is 0.0532. The van der Waals surface area contributed by atoms with Gasteiger partial charge in [0.25, 0.3) is 5.91 Å². The van der Waals surface area contributed by atoms with Crippen molar-refractivity contribution in [3.05, 3.63) is 40.4 Å². The molecular formula is C16H19N3OS. The lowest BCUT2D eigenvalue weighted by molar-refractivity contribution is 0.0788. The van der Waals surface area contributed by atoms with Gasteiger partial charge in [0, 0.05) is 24.2 Å². The second-order valence-electron chi connectivity index (χ2n) is 5.48. The van der Waals surface area contributed by atoms with E-state index in [2.05, 4.69) is 36.3 Å². The molecule has 0 unspecified atom stereocenters. The number of rotatable bonds is 3. The van der Waals surface area contributed by atoms with E-state index in [9.17, 15) is 4.79 Å². The molecule has 3 rings (SSSR count). The Morgan fingerprint density at radius 2 is 2.05 bits per heavy atom. The molecule has 1 saturated heterocycles. The highest BCUT2D eigenvalue weighted by atomic mass is 32.1. The van der Waals surface area contributed by atoms with Crippen LogP contribution >= 0.6 is 11.3 Å². The number of aryl methyl sites for hydroxylation is 2. The average Bonchev–Trinajstić information content (AvgIpc) is 3.12. The van der Waals surface area contributed by atoms with Crippen LogP contribution in [0.3, 0.4) is 0 Å². The summed E-state index contributed by atoms with van der Waals surface area (Å²) in [6.45, 7) is 5.86. The number of hydrogen-bond donors (Lipinski definition) is 1. The van der Waals surface area contributed by atoms with Gasteiger partial charge in [-0.15, -0.1) is 11.3 Å². The molecule has 0 spiro atoms. The summed E-state index contributed by atoms with van der Waals surface area (Å²) in [5.41, 5.74) is 4.00. The average molecular weight is 301 g/mol. The second kappa shape index (κ2) is 5.85. The number of nitrogens with one attached hydrogen (secondary N) is 1. The summed E-state index contributed by atoms with van der Waals surface area (Å²) in [6, 6.07) is 6.25. The van der Waals surface area contributed by atoms with Gasteiger partial charge >= 0.3 is 0 Å². The minimum absolute atomic E-state index is 0.0532. The lowest BCUT2D eigenvalue weighted by atomic mass is 10.1. The number of carbonyl (C=O) groups excluding carboxylic acids is 1. The van der Waals surface area contributed by atoms with Crippen molar-refractivity contribution in [1.29, 1.82) is 0 Å². The topological polar surface area (TPSA) is 45.2 Å². The van der Waals surface area contributed by atoms with Crippen LogP contribution in [-0.4, -0.2) is 28.9 Å². The molecule has 1 aromatic heterocycles. The van der Waals surface area contributed by atoms with Crippen molar-refractivity contribution in [2.45, 2.75) is 26.7 Å². The Bertz CT molecular complexity index is 659. The number of anilines is 2. The largest absolute Gasteiger partial charge is 0.337 e. The molecule has 0 aliphatic carbocycles. The first-order valence-electron chi connectivity index (χ1n) is 7.22. The van der Waals surface area contributed by atoms with E-state index in [1.54, 1.807) is 0 Å². The lowest BCUT2D eigenvalue weighted by Crippen LogP contribution is -2.27. The van der Waals surface area contributed by atoms with Crippen molar-refractivity contribution in [2.24, 2.45) is 0 Å². The number of hydrogen-bond acceptors (Lipinski definition) is 4. The number of thiazole rings is 1. The summed E-state index contributed by atoms with van der Waals surface area (Å²) in [7, 11) is 0. The van der Waals surface area contributed by atoms with Crippen LogP contribution in [0.2, 0.25) is 0 Å². The molecule has 0 saturated carbocycles. The van der Waals surface area contributed by atoms with Gasteiger partial charge in [-0.25, -0.2) is 4.98 Å². The van der Waals surface area contributed by atoms with Crippen LogP contribution in [0.25, 0.3) is 0 Å². The zero-order chi connectivity index (χ0) is 14.8. The number of amides is 1. The third-order valence-corrected chi connectivity index (χ3v) is 4.50. The van der Waals surface area contributed by atoms with E-state index in [1.165, 1.54) is 22.5 Å². The first-order chi connectivity index (χ1) is 10.1. The van der Waals surface area contributed by atoms with E-state index in [0.717, 1.165) is 36.8 Å². The Labute approximate surface area is 128 Å². The zero-order valence-corrected chi connectivity index (χ0v) is 13.2. The molecule has 0 atom stereocenters. The van der Waals surface area contributed by atoms with Crippen molar-refractivity contribution < 1.29 is 4.79 Å². The van der Waals surface area contributed by atoms with Crippen LogP contribution in [0.1, 0.15) is 34.5 Å². The van der Waals surface area contributed by atoms with E-state index in [0.29, 0.717) is 5.69 Å². The molecule has 1 fully saturated rings. The van der Waals surface area contributed by atoms with Crippen LogP contribution in [0, 0.1) is 13.8 Å². The van der Waals surface area contributed by atoms with Crippen molar-refractivity contribution in [2.75, 3.05) is 18.4 Å². The summed E-state index contributed by atoms with van der Waals surface area (Å²) in [6.07, 6.45) is 2.20. The summed E-state index contributed by atoms with van der Waals surface area (Å²) < 4.78 is 0. The smallest absolute Gasteiger partial charge is 0.273 e. The van der Waals surface area contributed by atoms with Gasteiger partial charge in [-0.3, -0.25) is 4.79 Å². The van der Waals surface area contributed by atoms with Crippen molar-refractivity contribution >= 4 is 28.1 Å². The number of nitrogens with zero attached hydrogens (tertiary/aromatic N) is 2. The zero-order valence-electron chi connectivity index (χ0n) is 12.3. The first kappa shape index (κ1) is 14.1. The van der Waals surface area contributed by atoms with E-state index in [4.69, 9.17) is 0 Å². The maximum Gasteiger partial charge on any atom is 0.273 e. The Balaban J connectivity index is 1.74. The monoisotopic (exact) mass is 301 g/mol. The number of benzene rings is 1. The van der Waals surface area contributed by atoms with Gasteiger partial charge in [-0.1, -0.05) is 17.7 Å². The number of likely N-dealkylation sites (tertiary alicyclic amines) is 1. The van der Waals surface area contributed by atoms with Crippen LogP contribution in [0.4, 0.5) is 10.8 Å². The molecule has 5 heteroatoms. The fourth-order valence-electron chi connectivity index (χ4n) is 2.58. The van der Waals surface area contributed by atoms with Gasteiger partial charge in [-0.05, 0) is 38.3 Å². The predicted molar refractivity (Wildman–Crippen MR) is 86.5 cm³/mol. The molecule has 2 heterocycles. The highest BCUT2D eigenvalue weighted by molar-refractivity contribution is 7.14. The van der Waals surface area contributed by atoms with Crippen LogP contribution < -0.4 is 5.32 Å². The van der Waals surface area contributed by atoms with E-state index >= 15 is 0 Å². The Kier molecular flexibility index (Phi) is 3.92. The van der Waals surface area contributed by atoms with Gasteiger partial charge in [0.05, 0.1) is 0 Å². The molecule has 1 N–H and O–H groups in total. The van der Waals surface area contributed by atoms with E-state index in [1.807, 2.05) is 16.3 Å². The van der Waals surface area contributed by atoms with Crippen molar-refractivity contribution in [3.8, 4) is 0 Å². The third-order valence-electron chi connectivity index (χ3n) is 3.74. The fourth-order valence-corrected chi connectivity index (χ4v) is 3.28. The van der Waals surface area contributed by atoms with Gasteiger partial charge in [0.2, 0.25) is 0 Å². The molecule has 0 bridgehead atoms. The van der Waals surface area contributed by atoms with Gasteiger partial charge < -0.3 is 10.2 Å². The highest BCUT2D eigenvalue weighted by Gasteiger charge is 2.21. The van der Waals surface area contributed by atoms with Crippen LogP contribution in [-0.2, 0) is 0 Å². The second-order valence-corrected chi connectivity index (χ2v) is 6.34. The fraction of sp³-hybridized carbons (Fsp3) is 0.375. The van der Waals surface area contributed by atoms with Crippen molar-refractivity contribution in [3.63, 3.8) is 0 Å². The highest BCUT2D eigenvalue weighted by Crippen LogP contribution is 2.25. The molecule has 1 amide bonds. The normalized spacial score (nSPS) is 14.5. The SMILES string of the molecule is Cc1ccc(Nc2nc(C(=O)N3CCCC3)cs2)c(C)c1. The molecule has 110 valence electrons. The molecule has 2 aromatic rings. The van der Waals surface area contributed by atoms with Gasteiger partial charge in [-0.2, -0.15) is 0 Å². The Morgan fingerprint density at radius 1 is 1.29 bits per heavy atom. The Hall–Kier alpha value is -1.88. The maximum absolute atomic E-state index is 12.3. The van der Waals surface area contributed by atoms with Crippen LogP contribution in [0.15, 0.2) is 23.6 Å².